The van der Waals surface area contributed by atoms with Gasteiger partial charge < -0.3 is 10.6 Å². The van der Waals surface area contributed by atoms with Crippen LogP contribution in [0.4, 0.5) is 11.6 Å². The van der Waals surface area contributed by atoms with Crippen molar-refractivity contribution in [2.45, 2.75) is 25.7 Å². The van der Waals surface area contributed by atoms with Crippen LogP contribution in [0, 0.1) is 11.8 Å². The van der Waals surface area contributed by atoms with Crippen LogP contribution in [0.1, 0.15) is 25.7 Å². The Balaban J connectivity index is 1.35. The minimum Gasteiger partial charge on any atom is -0.369 e. The minimum atomic E-state index is 0.731. The quantitative estimate of drug-likeness (QED) is 0.853. The van der Waals surface area contributed by atoms with Gasteiger partial charge in [-0.1, -0.05) is 0 Å². The first-order chi connectivity index (χ1) is 10.9. The van der Waals surface area contributed by atoms with Crippen LogP contribution in [0.15, 0.2) is 37.2 Å². The number of nitrogens with one attached hydrogen (secondary N) is 2. The molecule has 6 heteroatoms. The van der Waals surface area contributed by atoms with E-state index >= 15 is 0 Å². The summed E-state index contributed by atoms with van der Waals surface area (Å²) in [5.41, 5.74) is 0. The molecule has 0 radical (unpaired) electrons. The summed E-state index contributed by atoms with van der Waals surface area (Å²) in [5.74, 6) is 3.20. The smallest absolute Gasteiger partial charge is 0.144 e. The molecule has 2 N–H and O–H groups in total. The lowest BCUT2D eigenvalue weighted by Crippen LogP contribution is -2.25. The molecule has 0 unspecified atom stereocenters. The highest BCUT2D eigenvalue weighted by Crippen LogP contribution is 2.29. The van der Waals surface area contributed by atoms with Crippen LogP contribution in [0.2, 0.25) is 0 Å². The molecule has 0 spiro atoms. The molecule has 1 aliphatic rings. The largest absolute Gasteiger partial charge is 0.369 e. The first-order valence-corrected chi connectivity index (χ1v) is 7.90. The minimum absolute atomic E-state index is 0.731. The highest BCUT2D eigenvalue weighted by molar-refractivity contribution is 5.30. The molecular weight excluding hydrogens is 276 g/mol. The van der Waals surface area contributed by atoms with Gasteiger partial charge in [0.15, 0.2) is 0 Å². The Morgan fingerprint density at radius 2 is 1.18 bits per heavy atom. The van der Waals surface area contributed by atoms with Crippen molar-refractivity contribution >= 4 is 11.6 Å². The molecule has 22 heavy (non-hydrogen) atoms. The van der Waals surface area contributed by atoms with Crippen molar-refractivity contribution < 1.29 is 0 Å². The lowest BCUT2D eigenvalue weighted by molar-refractivity contribution is 0.293. The molecule has 2 heterocycles. The average molecular weight is 298 g/mol. The lowest BCUT2D eigenvalue weighted by atomic mass is 9.82. The van der Waals surface area contributed by atoms with Gasteiger partial charge in [0, 0.05) is 37.9 Å². The fourth-order valence-corrected chi connectivity index (χ4v) is 2.92. The molecule has 0 saturated heterocycles. The van der Waals surface area contributed by atoms with Gasteiger partial charge in [-0.25, -0.2) is 9.97 Å². The lowest BCUT2D eigenvalue weighted by Gasteiger charge is -2.28. The molecule has 0 amide bonds. The predicted molar refractivity (Wildman–Crippen MR) is 86.5 cm³/mol. The third kappa shape index (κ3) is 4.38. The molecule has 1 aliphatic carbocycles. The van der Waals surface area contributed by atoms with E-state index in [-0.39, 0.29) is 0 Å². The van der Waals surface area contributed by atoms with Gasteiger partial charge in [0.25, 0.3) is 0 Å². The van der Waals surface area contributed by atoms with Gasteiger partial charge in [0.05, 0.1) is 12.4 Å². The van der Waals surface area contributed by atoms with E-state index in [0.717, 1.165) is 36.6 Å². The SMILES string of the molecule is c1cnc(NCC2CCC(CNc3cnccn3)CC2)cn1. The summed E-state index contributed by atoms with van der Waals surface area (Å²) in [4.78, 5) is 16.6. The van der Waals surface area contributed by atoms with Crippen molar-refractivity contribution in [3.8, 4) is 0 Å². The van der Waals surface area contributed by atoms with Crippen molar-refractivity contribution in [3.63, 3.8) is 0 Å². The summed E-state index contributed by atoms with van der Waals surface area (Å²) in [6, 6.07) is 0. The zero-order valence-electron chi connectivity index (χ0n) is 12.7. The molecule has 0 atom stereocenters. The van der Waals surface area contributed by atoms with E-state index in [1.54, 1.807) is 37.2 Å². The van der Waals surface area contributed by atoms with E-state index < -0.39 is 0 Å². The maximum Gasteiger partial charge on any atom is 0.144 e. The number of rotatable bonds is 6. The maximum absolute atomic E-state index is 4.24. The van der Waals surface area contributed by atoms with Gasteiger partial charge >= 0.3 is 0 Å². The van der Waals surface area contributed by atoms with Crippen molar-refractivity contribution in [2.75, 3.05) is 23.7 Å². The summed E-state index contributed by atoms with van der Waals surface area (Å²) in [7, 11) is 0. The molecule has 3 rings (SSSR count). The van der Waals surface area contributed by atoms with E-state index in [2.05, 4.69) is 30.6 Å². The molecule has 0 bridgehead atoms. The Morgan fingerprint density at radius 1 is 0.727 bits per heavy atom. The normalized spacial score (nSPS) is 21.3. The van der Waals surface area contributed by atoms with Crippen molar-refractivity contribution in [1.82, 2.24) is 19.9 Å². The summed E-state index contributed by atoms with van der Waals surface area (Å²) in [6.45, 7) is 1.98. The first-order valence-electron chi connectivity index (χ1n) is 7.90. The summed E-state index contributed by atoms with van der Waals surface area (Å²) in [6.07, 6.45) is 15.4. The highest BCUT2D eigenvalue weighted by atomic mass is 15.0. The van der Waals surface area contributed by atoms with E-state index in [9.17, 15) is 0 Å². The Morgan fingerprint density at radius 3 is 1.55 bits per heavy atom. The number of nitrogens with zero attached hydrogens (tertiary/aromatic N) is 4. The molecular formula is C16H22N6. The Kier molecular flexibility index (Phi) is 5.13. The van der Waals surface area contributed by atoms with Crippen LogP contribution in [0.5, 0.6) is 0 Å². The van der Waals surface area contributed by atoms with Gasteiger partial charge in [-0.2, -0.15) is 0 Å². The van der Waals surface area contributed by atoms with Crippen LogP contribution < -0.4 is 10.6 Å². The molecule has 1 fully saturated rings. The fraction of sp³-hybridized carbons (Fsp3) is 0.500. The zero-order valence-corrected chi connectivity index (χ0v) is 12.7. The average Bonchev–Trinajstić information content (AvgIpc) is 2.61. The highest BCUT2D eigenvalue weighted by Gasteiger charge is 2.21. The van der Waals surface area contributed by atoms with E-state index in [0.29, 0.717) is 0 Å². The number of aromatic nitrogens is 4. The van der Waals surface area contributed by atoms with Gasteiger partial charge in [-0.3, -0.25) is 9.97 Å². The fourth-order valence-electron chi connectivity index (χ4n) is 2.92. The van der Waals surface area contributed by atoms with Crippen LogP contribution in [0.3, 0.4) is 0 Å². The number of anilines is 2. The topological polar surface area (TPSA) is 75.6 Å². The monoisotopic (exact) mass is 298 g/mol. The zero-order chi connectivity index (χ0) is 15.0. The van der Waals surface area contributed by atoms with Gasteiger partial charge in [0.1, 0.15) is 11.6 Å². The second-order valence-corrected chi connectivity index (χ2v) is 5.83. The number of hydrogen-bond donors (Lipinski definition) is 2. The molecule has 116 valence electrons. The molecule has 0 aliphatic heterocycles. The van der Waals surface area contributed by atoms with Crippen molar-refractivity contribution in [1.29, 1.82) is 0 Å². The first kappa shape index (κ1) is 14.7. The standard InChI is InChI=1S/C16H22N6/c1-2-14(10-22-16-12-18-6-8-20-16)4-3-13(1)9-21-15-11-17-5-7-19-15/h5-8,11-14H,1-4,9-10H2,(H,19,21)(H,20,22). The van der Waals surface area contributed by atoms with Crippen molar-refractivity contribution in [2.24, 2.45) is 11.8 Å². The second kappa shape index (κ2) is 7.68. The van der Waals surface area contributed by atoms with Gasteiger partial charge in [0.2, 0.25) is 0 Å². The summed E-state index contributed by atoms with van der Waals surface area (Å²) in [5, 5.41) is 6.76. The third-order valence-corrected chi connectivity index (χ3v) is 4.24. The van der Waals surface area contributed by atoms with Crippen LogP contribution >= 0.6 is 0 Å². The maximum atomic E-state index is 4.24. The van der Waals surface area contributed by atoms with Gasteiger partial charge in [-0.05, 0) is 37.5 Å². The Bertz CT molecular complexity index is 488. The molecule has 1 saturated carbocycles. The molecule has 2 aromatic rings. The van der Waals surface area contributed by atoms with E-state index in [1.165, 1.54) is 25.7 Å². The predicted octanol–water partition coefficient (Wildman–Crippen LogP) is 2.60. The van der Waals surface area contributed by atoms with Gasteiger partial charge in [-0.15, -0.1) is 0 Å². The molecule has 6 nitrogen and oxygen atoms in total. The summed E-state index contributed by atoms with van der Waals surface area (Å²) < 4.78 is 0. The van der Waals surface area contributed by atoms with Crippen LogP contribution in [-0.2, 0) is 0 Å². The summed E-state index contributed by atoms with van der Waals surface area (Å²) >= 11 is 0. The van der Waals surface area contributed by atoms with E-state index in [1.807, 2.05) is 0 Å². The Labute approximate surface area is 130 Å². The molecule has 2 aromatic heterocycles. The van der Waals surface area contributed by atoms with Crippen molar-refractivity contribution in [3.05, 3.63) is 37.2 Å². The van der Waals surface area contributed by atoms with E-state index in [4.69, 9.17) is 0 Å². The third-order valence-electron chi connectivity index (χ3n) is 4.24. The second-order valence-electron chi connectivity index (χ2n) is 5.83. The van der Waals surface area contributed by atoms with Crippen LogP contribution in [0.25, 0.3) is 0 Å². The number of hydrogen-bond acceptors (Lipinski definition) is 6. The van der Waals surface area contributed by atoms with Crippen LogP contribution in [-0.4, -0.2) is 33.0 Å². The molecule has 0 aromatic carbocycles. The Hall–Kier alpha value is -2.24.